The maximum atomic E-state index is 12.7. The molecule has 1 aromatic rings. The van der Waals surface area contributed by atoms with Crippen LogP contribution in [0.15, 0.2) is 18.2 Å². The molecule has 0 bridgehead atoms. The largest absolute Gasteiger partial charge is 0.462 e. The molecular formula is C21H30N2O4. The molecule has 0 spiro atoms. The summed E-state index contributed by atoms with van der Waals surface area (Å²) < 4.78 is 10.7. The molecule has 2 heterocycles. The number of amides is 1. The molecule has 6 nitrogen and oxygen atoms in total. The molecule has 0 radical (unpaired) electrons. The van der Waals surface area contributed by atoms with Crippen molar-refractivity contribution in [1.82, 2.24) is 10.2 Å². The molecule has 0 aromatic heterocycles. The van der Waals surface area contributed by atoms with E-state index in [1.165, 1.54) is 6.92 Å². The van der Waals surface area contributed by atoms with Gasteiger partial charge >= 0.3 is 5.97 Å². The molecule has 27 heavy (non-hydrogen) atoms. The van der Waals surface area contributed by atoms with E-state index in [4.69, 9.17) is 9.47 Å². The SMILES string of the molecule is CC(=O)OC1CCN(Cc2ccc(C)c(C(=O)NC3CCOCC3)c2)CC1. The molecule has 0 unspecified atom stereocenters. The molecule has 148 valence electrons. The van der Waals surface area contributed by atoms with Crippen LogP contribution in [-0.2, 0) is 20.8 Å². The maximum absolute atomic E-state index is 12.7. The number of hydrogen-bond donors (Lipinski definition) is 1. The van der Waals surface area contributed by atoms with Gasteiger partial charge in [-0.1, -0.05) is 12.1 Å². The van der Waals surface area contributed by atoms with Crippen molar-refractivity contribution in [2.24, 2.45) is 0 Å². The minimum Gasteiger partial charge on any atom is -0.462 e. The molecule has 0 atom stereocenters. The van der Waals surface area contributed by atoms with Crippen molar-refractivity contribution in [2.45, 2.75) is 58.2 Å². The van der Waals surface area contributed by atoms with Crippen LogP contribution < -0.4 is 5.32 Å². The zero-order valence-electron chi connectivity index (χ0n) is 16.3. The van der Waals surface area contributed by atoms with Gasteiger partial charge in [0.1, 0.15) is 6.10 Å². The predicted octanol–water partition coefficient (Wildman–Crippen LogP) is 2.43. The standard InChI is InChI=1S/C21H30N2O4/c1-15-3-4-17(14-23-9-5-19(6-10-23)27-16(2)24)13-20(15)21(25)22-18-7-11-26-12-8-18/h3-4,13,18-19H,5-12,14H2,1-2H3,(H,22,25). The van der Waals surface area contributed by atoms with Gasteiger partial charge in [0.05, 0.1) is 0 Å². The fourth-order valence-corrected chi connectivity index (χ4v) is 3.80. The van der Waals surface area contributed by atoms with Crippen LogP contribution in [0.25, 0.3) is 0 Å². The van der Waals surface area contributed by atoms with Gasteiger partial charge in [-0.15, -0.1) is 0 Å². The van der Waals surface area contributed by atoms with Gasteiger partial charge in [-0.2, -0.15) is 0 Å². The monoisotopic (exact) mass is 374 g/mol. The van der Waals surface area contributed by atoms with E-state index in [1.807, 2.05) is 19.1 Å². The molecule has 6 heteroatoms. The van der Waals surface area contributed by atoms with E-state index >= 15 is 0 Å². The number of esters is 1. The van der Waals surface area contributed by atoms with Crippen molar-refractivity contribution in [1.29, 1.82) is 0 Å². The number of hydrogen-bond acceptors (Lipinski definition) is 5. The lowest BCUT2D eigenvalue weighted by Crippen LogP contribution is -2.39. The summed E-state index contributed by atoms with van der Waals surface area (Å²) in [6.45, 7) is 7.48. The number of carbonyl (C=O) groups excluding carboxylic acids is 2. The first-order chi connectivity index (χ1) is 13.0. The highest BCUT2D eigenvalue weighted by Crippen LogP contribution is 2.19. The summed E-state index contributed by atoms with van der Waals surface area (Å²) in [5.74, 6) is -0.193. The van der Waals surface area contributed by atoms with Crippen LogP contribution >= 0.6 is 0 Å². The number of nitrogens with one attached hydrogen (secondary N) is 1. The topological polar surface area (TPSA) is 67.9 Å². The highest BCUT2D eigenvalue weighted by molar-refractivity contribution is 5.96. The minimum atomic E-state index is -0.202. The number of carbonyl (C=O) groups is 2. The molecule has 0 saturated carbocycles. The highest BCUT2D eigenvalue weighted by atomic mass is 16.5. The number of rotatable bonds is 5. The van der Waals surface area contributed by atoms with Gasteiger partial charge < -0.3 is 14.8 Å². The minimum absolute atomic E-state index is 0.00909. The zero-order valence-corrected chi connectivity index (χ0v) is 16.3. The maximum Gasteiger partial charge on any atom is 0.302 e. The molecule has 2 aliphatic heterocycles. The Hall–Kier alpha value is -1.92. The molecule has 0 aliphatic carbocycles. The van der Waals surface area contributed by atoms with Gasteiger partial charge in [-0.05, 0) is 49.8 Å². The van der Waals surface area contributed by atoms with E-state index < -0.39 is 0 Å². The lowest BCUT2D eigenvalue weighted by atomic mass is 10.0. The first kappa shape index (κ1) is 19.8. The van der Waals surface area contributed by atoms with Crippen LogP contribution in [0.1, 0.15) is 54.1 Å². The van der Waals surface area contributed by atoms with Crippen molar-refractivity contribution in [3.05, 3.63) is 34.9 Å². The number of aryl methyl sites for hydroxylation is 1. The normalized spacial score (nSPS) is 19.6. The lowest BCUT2D eigenvalue weighted by Gasteiger charge is -2.31. The second-order valence-corrected chi connectivity index (χ2v) is 7.59. The Labute approximate surface area is 161 Å². The van der Waals surface area contributed by atoms with Gasteiger partial charge in [0.2, 0.25) is 0 Å². The Morgan fingerprint density at radius 3 is 2.56 bits per heavy atom. The first-order valence-electron chi connectivity index (χ1n) is 9.89. The van der Waals surface area contributed by atoms with E-state index in [-0.39, 0.29) is 24.0 Å². The first-order valence-corrected chi connectivity index (χ1v) is 9.89. The summed E-state index contributed by atoms with van der Waals surface area (Å²) in [7, 11) is 0. The van der Waals surface area contributed by atoms with Crippen molar-refractivity contribution in [3.63, 3.8) is 0 Å². The van der Waals surface area contributed by atoms with Gasteiger partial charge in [0.25, 0.3) is 5.91 Å². The molecule has 3 rings (SSSR count). The summed E-state index contributed by atoms with van der Waals surface area (Å²) in [4.78, 5) is 26.1. The third-order valence-corrected chi connectivity index (χ3v) is 5.38. The van der Waals surface area contributed by atoms with E-state index in [1.54, 1.807) is 0 Å². The van der Waals surface area contributed by atoms with E-state index in [9.17, 15) is 9.59 Å². The fourth-order valence-electron chi connectivity index (χ4n) is 3.80. The lowest BCUT2D eigenvalue weighted by molar-refractivity contribution is -0.148. The number of likely N-dealkylation sites (tertiary alicyclic amines) is 1. The molecular weight excluding hydrogens is 344 g/mol. The van der Waals surface area contributed by atoms with Crippen LogP contribution in [0.3, 0.4) is 0 Å². The third kappa shape index (κ3) is 5.78. The molecule has 2 saturated heterocycles. The average molecular weight is 374 g/mol. The second kappa shape index (κ2) is 9.33. The molecule has 2 fully saturated rings. The second-order valence-electron chi connectivity index (χ2n) is 7.59. The van der Waals surface area contributed by atoms with Crippen LogP contribution in [0.4, 0.5) is 0 Å². The van der Waals surface area contributed by atoms with Crippen molar-refractivity contribution < 1.29 is 19.1 Å². The summed E-state index contributed by atoms with van der Waals surface area (Å²) in [6.07, 6.45) is 3.52. The number of nitrogens with zero attached hydrogens (tertiary/aromatic N) is 1. The zero-order chi connectivity index (χ0) is 19.2. The predicted molar refractivity (Wildman–Crippen MR) is 103 cm³/mol. The Morgan fingerprint density at radius 2 is 1.89 bits per heavy atom. The Kier molecular flexibility index (Phi) is 6.85. The van der Waals surface area contributed by atoms with Gasteiger partial charge in [0, 0.05) is 51.4 Å². The molecule has 2 aliphatic rings. The summed E-state index contributed by atoms with van der Waals surface area (Å²) in [5, 5.41) is 3.15. The third-order valence-electron chi connectivity index (χ3n) is 5.38. The van der Waals surface area contributed by atoms with Crippen LogP contribution in [0.5, 0.6) is 0 Å². The number of ether oxygens (including phenoxy) is 2. The van der Waals surface area contributed by atoms with Crippen LogP contribution in [0.2, 0.25) is 0 Å². The average Bonchev–Trinajstić information content (AvgIpc) is 2.65. The van der Waals surface area contributed by atoms with E-state index in [2.05, 4.69) is 16.3 Å². The van der Waals surface area contributed by atoms with Gasteiger partial charge in [0.15, 0.2) is 0 Å². The Morgan fingerprint density at radius 1 is 1.19 bits per heavy atom. The van der Waals surface area contributed by atoms with Gasteiger partial charge in [-0.25, -0.2) is 0 Å². The van der Waals surface area contributed by atoms with Crippen LogP contribution in [-0.4, -0.2) is 55.2 Å². The van der Waals surface area contributed by atoms with Gasteiger partial charge in [-0.3, -0.25) is 14.5 Å². The number of benzene rings is 1. The molecule has 1 amide bonds. The molecule has 1 N–H and O–H groups in total. The summed E-state index contributed by atoms with van der Waals surface area (Å²) >= 11 is 0. The Balaban J connectivity index is 1.56. The summed E-state index contributed by atoms with van der Waals surface area (Å²) in [5.41, 5.74) is 2.90. The van der Waals surface area contributed by atoms with Crippen molar-refractivity contribution in [3.8, 4) is 0 Å². The summed E-state index contributed by atoms with van der Waals surface area (Å²) in [6, 6.07) is 6.34. The smallest absolute Gasteiger partial charge is 0.302 e. The molecule has 1 aromatic carbocycles. The quantitative estimate of drug-likeness (QED) is 0.802. The van der Waals surface area contributed by atoms with Crippen molar-refractivity contribution >= 4 is 11.9 Å². The Bertz CT molecular complexity index is 662. The highest BCUT2D eigenvalue weighted by Gasteiger charge is 2.22. The van der Waals surface area contributed by atoms with Crippen LogP contribution in [0, 0.1) is 6.92 Å². The van der Waals surface area contributed by atoms with E-state index in [0.717, 1.165) is 62.0 Å². The van der Waals surface area contributed by atoms with Crippen molar-refractivity contribution in [2.75, 3.05) is 26.3 Å². The van der Waals surface area contributed by atoms with E-state index in [0.29, 0.717) is 13.2 Å². The fraction of sp³-hybridized carbons (Fsp3) is 0.619. The number of piperidine rings is 1.